The molecular formula is C11H19N3. The van der Waals surface area contributed by atoms with Crippen LogP contribution in [0.5, 0.6) is 0 Å². The van der Waals surface area contributed by atoms with Gasteiger partial charge in [-0.3, -0.25) is 4.98 Å². The van der Waals surface area contributed by atoms with Gasteiger partial charge in [0.15, 0.2) is 0 Å². The predicted octanol–water partition coefficient (Wildman–Crippen LogP) is 1.46. The molecule has 0 aliphatic heterocycles. The minimum Gasteiger partial charge on any atom is -0.330 e. The first kappa shape index (κ1) is 11.1. The third-order valence-electron chi connectivity index (χ3n) is 2.67. The van der Waals surface area contributed by atoms with Crippen LogP contribution in [0.15, 0.2) is 24.5 Å². The molecule has 0 amide bonds. The fourth-order valence-corrected chi connectivity index (χ4v) is 1.54. The maximum absolute atomic E-state index is 6.16. The van der Waals surface area contributed by atoms with Crippen molar-refractivity contribution in [3.63, 3.8) is 0 Å². The van der Waals surface area contributed by atoms with Gasteiger partial charge in [0.25, 0.3) is 0 Å². The Balaban J connectivity index is 2.79. The first-order valence-electron chi connectivity index (χ1n) is 4.93. The minimum absolute atomic E-state index is 0.000231. The highest BCUT2D eigenvalue weighted by atomic mass is 14.7. The van der Waals surface area contributed by atoms with Gasteiger partial charge in [0.2, 0.25) is 0 Å². The first-order chi connectivity index (χ1) is 6.58. The van der Waals surface area contributed by atoms with E-state index < -0.39 is 0 Å². The van der Waals surface area contributed by atoms with E-state index in [0.717, 1.165) is 12.0 Å². The molecule has 1 rings (SSSR count). The van der Waals surface area contributed by atoms with Gasteiger partial charge in [-0.2, -0.15) is 0 Å². The summed E-state index contributed by atoms with van der Waals surface area (Å²) >= 11 is 0. The summed E-state index contributed by atoms with van der Waals surface area (Å²) in [6.07, 6.45) is 4.50. The molecule has 0 saturated heterocycles. The van der Waals surface area contributed by atoms with Gasteiger partial charge in [0.1, 0.15) is 0 Å². The molecule has 0 aromatic carbocycles. The van der Waals surface area contributed by atoms with Gasteiger partial charge >= 0.3 is 0 Å². The molecule has 0 aliphatic carbocycles. The summed E-state index contributed by atoms with van der Waals surface area (Å²) in [5, 5.41) is 0. The average molecular weight is 193 g/mol. The van der Waals surface area contributed by atoms with Crippen LogP contribution in [0.25, 0.3) is 0 Å². The third kappa shape index (κ3) is 2.53. The summed E-state index contributed by atoms with van der Waals surface area (Å²) in [7, 11) is 0. The molecule has 0 spiro atoms. The molecule has 0 saturated carbocycles. The molecule has 78 valence electrons. The fraction of sp³-hybridized carbons (Fsp3) is 0.545. The Kier molecular flexibility index (Phi) is 3.61. The summed E-state index contributed by atoms with van der Waals surface area (Å²) in [5.41, 5.74) is 12.8. The molecule has 1 unspecified atom stereocenters. The van der Waals surface area contributed by atoms with Gasteiger partial charge in [-0.25, -0.2) is 0 Å². The van der Waals surface area contributed by atoms with Gasteiger partial charge < -0.3 is 11.5 Å². The number of pyridine rings is 1. The zero-order valence-corrected chi connectivity index (χ0v) is 8.90. The Morgan fingerprint density at radius 1 is 1.50 bits per heavy atom. The van der Waals surface area contributed by atoms with Crippen molar-refractivity contribution in [2.75, 3.05) is 6.54 Å². The smallest absolute Gasteiger partial charge is 0.0362 e. The van der Waals surface area contributed by atoms with Gasteiger partial charge in [-0.05, 0) is 30.0 Å². The zero-order valence-electron chi connectivity index (χ0n) is 8.90. The Morgan fingerprint density at radius 3 is 2.71 bits per heavy atom. The van der Waals surface area contributed by atoms with Crippen molar-refractivity contribution >= 4 is 0 Å². The van der Waals surface area contributed by atoms with Crippen molar-refractivity contribution in [3.05, 3.63) is 30.1 Å². The van der Waals surface area contributed by atoms with Gasteiger partial charge in [0, 0.05) is 18.4 Å². The number of rotatable bonds is 4. The molecule has 3 nitrogen and oxygen atoms in total. The first-order valence-corrected chi connectivity index (χ1v) is 4.93. The normalized spacial score (nSPS) is 14.0. The van der Waals surface area contributed by atoms with Crippen LogP contribution in [-0.2, 0) is 0 Å². The summed E-state index contributed by atoms with van der Waals surface area (Å²) in [6, 6.07) is 3.92. The lowest BCUT2D eigenvalue weighted by Crippen LogP contribution is -2.31. The summed E-state index contributed by atoms with van der Waals surface area (Å²) in [5.74, 6) is 0. The Labute approximate surface area is 85.5 Å². The Hall–Kier alpha value is -0.930. The molecule has 14 heavy (non-hydrogen) atoms. The number of hydrogen-bond acceptors (Lipinski definition) is 3. The van der Waals surface area contributed by atoms with E-state index in [0.29, 0.717) is 6.54 Å². The van der Waals surface area contributed by atoms with E-state index >= 15 is 0 Å². The van der Waals surface area contributed by atoms with Crippen molar-refractivity contribution in [1.29, 1.82) is 0 Å². The second-order valence-electron chi connectivity index (χ2n) is 4.29. The second kappa shape index (κ2) is 4.53. The molecular weight excluding hydrogens is 174 g/mol. The predicted molar refractivity (Wildman–Crippen MR) is 58.6 cm³/mol. The van der Waals surface area contributed by atoms with E-state index in [2.05, 4.69) is 18.8 Å². The lowest BCUT2D eigenvalue weighted by Gasteiger charge is -2.31. The number of nitrogens with two attached hydrogens (primary N) is 2. The fourth-order valence-electron chi connectivity index (χ4n) is 1.54. The molecule has 4 N–H and O–H groups in total. The van der Waals surface area contributed by atoms with Crippen LogP contribution in [0.3, 0.4) is 0 Å². The zero-order chi connectivity index (χ0) is 10.6. The standard InChI is InChI=1S/C11H19N3/c1-11(2,5-6-12)10(13)9-4-3-7-14-8-9/h3-4,7-8,10H,5-6,12-13H2,1-2H3. The summed E-state index contributed by atoms with van der Waals surface area (Å²) < 4.78 is 0. The SMILES string of the molecule is CC(C)(CCN)C(N)c1cccnc1. The number of hydrogen-bond donors (Lipinski definition) is 2. The lowest BCUT2D eigenvalue weighted by atomic mass is 9.79. The van der Waals surface area contributed by atoms with Crippen molar-refractivity contribution in [2.24, 2.45) is 16.9 Å². The average Bonchev–Trinajstić information content (AvgIpc) is 2.18. The highest BCUT2D eigenvalue weighted by molar-refractivity contribution is 5.15. The summed E-state index contributed by atoms with van der Waals surface area (Å²) in [4.78, 5) is 4.07. The van der Waals surface area contributed by atoms with Gasteiger partial charge in [-0.15, -0.1) is 0 Å². The summed E-state index contributed by atoms with van der Waals surface area (Å²) in [6.45, 7) is 4.94. The van der Waals surface area contributed by atoms with Crippen LogP contribution < -0.4 is 11.5 Å². The quantitative estimate of drug-likeness (QED) is 0.760. The van der Waals surface area contributed by atoms with Crippen molar-refractivity contribution < 1.29 is 0 Å². The van der Waals surface area contributed by atoms with E-state index in [1.807, 2.05) is 18.3 Å². The topological polar surface area (TPSA) is 64.9 Å². The maximum atomic E-state index is 6.16. The van der Waals surface area contributed by atoms with Crippen LogP contribution in [0.1, 0.15) is 31.9 Å². The molecule has 1 aromatic heterocycles. The number of aromatic nitrogens is 1. The van der Waals surface area contributed by atoms with Crippen LogP contribution in [-0.4, -0.2) is 11.5 Å². The van der Waals surface area contributed by atoms with Crippen LogP contribution in [0.2, 0.25) is 0 Å². The largest absolute Gasteiger partial charge is 0.330 e. The van der Waals surface area contributed by atoms with E-state index in [1.54, 1.807) is 6.20 Å². The molecule has 1 atom stereocenters. The minimum atomic E-state index is -0.000231. The third-order valence-corrected chi connectivity index (χ3v) is 2.67. The van der Waals surface area contributed by atoms with E-state index in [9.17, 15) is 0 Å². The van der Waals surface area contributed by atoms with Gasteiger partial charge in [0.05, 0.1) is 0 Å². The van der Waals surface area contributed by atoms with Crippen molar-refractivity contribution in [2.45, 2.75) is 26.3 Å². The van der Waals surface area contributed by atoms with Gasteiger partial charge in [-0.1, -0.05) is 19.9 Å². The highest BCUT2D eigenvalue weighted by Gasteiger charge is 2.26. The molecule has 1 aromatic rings. The number of nitrogens with zero attached hydrogens (tertiary/aromatic N) is 1. The molecule has 0 fully saturated rings. The highest BCUT2D eigenvalue weighted by Crippen LogP contribution is 2.33. The Morgan fingerprint density at radius 2 is 2.21 bits per heavy atom. The van der Waals surface area contributed by atoms with Crippen LogP contribution in [0.4, 0.5) is 0 Å². The molecule has 0 aliphatic rings. The van der Waals surface area contributed by atoms with Crippen LogP contribution >= 0.6 is 0 Å². The van der Waals surface area contributed by atoms with E-state index in [4.69, 9.17) is 11.5 Å². The molecule has 0 radical (unpaired) electrons. The molecule has 0 bridgehead atoms. The lowest BCUT2D eigenvalue weighted by molar-refractivity contribution is 0.270. The van der Waals surface area contributed by atoms with E-state index in [-0.39, 0.29) is 11.5 Å². The molecule has 1 heterocycles. The van der Waals surface area contributed by atoms with Crippen molar-refractivity contribution in [1.82, 2.24) is 4.98 Å². The van der Waals surface area contributed by atoms with E-state index in [1.165, 1.54) is 0 Å². The second-order valence-corrected chi connectivity index (χ2v) is 4.29. The van der Waals surface area contributed by atoms with Crippen molar-refractivity contribution in [3.8, 4) is 0 Å². The molecule has 3 heteroatoms. The van der Waals surface area contributed by atoms with Crippen LogP contribution in [0, 0.1) is 5.41 Å². The Bertz CT molecular complexity index is 269. The monoisotopic (exact) mass is 193 g/mol. The maximum Gasteiger partial charge on any atom is 0.0362 e.